The van der Waals surface area contributed by atoms with Gasteiger partial charge in [0, 0.05) is 19.7 Å². The minimum absolute atomic E-state index is 0.0384. The Balaban J connectivity index is 1.57. The summed E-state index contributed by atoms with van der Waals surface area (Å²) in [6.45, 7) is 1.51. The van der Waals surface area contributed by atoms with E-state index in [4.69, 9.17) is 9.47 Å². The number of fused-ring (bicyclic) bond motifs is 1. The smallest absolute Gasteiger partial charge is 0.265 e. The summed E-state index contributed by atoms with van der Waals surface area (Å²) in [7, 11) is 0. The fraction of sp³-hybridized carbons (Fsp3) is 0.467. The normalized spacial score (nSPS) is 20.9. The zero-order chi connectivity index (χ0) is 14.7. The van der Waals surface area contributed by atoms with E-state index in [0.29, 0.717) is 25.4 Å². The van der Waals surface area contributed by atoms with Gasteiger partial charge >= 0.3 is 0 Å². The van der Waals surface area contributed by atoms with Crippen LogP contribution in [0.4, 0.5) is 5.69 Å². The van der Waals surface area contributed by atoms with Crippen LogP contribution in [0.3, 0.4) is 0 Å². The zero-order valence-corrected chi connectivity index (χ0v) is 11.7. The number of hydrogen-bond donors (Lipinski definition) is 1. The third-order valence-corrected chi connectivity index (χ3v) is 3.67. The molecule has 3 rings (SSSR count). The first-order chi connectivity index (χ1) is 10.3. The standard InChI is InChI=1S/C15H18N2O4/c18-14-10-21-12-5-2-1-4-11(12)17(14)8-7-16-15(19)13-6-3-9-20-13/h1-2,4-5,13H,3,6-10H2,(H,16,19). The van der Waals surface area contributed by atoms with Gasteiger partial charge in [0.2, 0.25) is 5.91 Å². The van der Waals surface area contributed by atoms with Gasteiger partial charge in [-0.3, -0.25) is 9.59 Å². The summed E-state index contributed by atoms with van der Waals surface area (Å²) >= 11 is 0. The highest BCUT2D eigenvalue weighted by Gasteiger charge is 2.26. The highest BCUT2D eigenvalue weighted by atomic mass is 16.5. The molecule has 1 unspecified atom stereocenters. The van der Waals surface area contributed by atoms with E-state index in [2.05, 4.69) is 5.32 Å². The Morgan fingerprint density at radius 2 is 2.24 bits per heavy atom. The summed E-state index contributed by atoms with van der Waals surface area (Å²) in [4.78, 5) is 25.4. The first kappa shape index (κ1) is 13.9. The van der Waals surface area contributed by atoms with Crippen LogP contribution < -0.4 is 15.0 Å². The van der Waals surface area contributed by atoms with Gasteiger partial charge in [-0.1, -0.05) is 12.1 Å². The molecule has 6 heteroatoms. The number of carbonyl (C=O) groups is 2. The van der Waals surface area contributed by atoms with Crippen molar-refractivity contribution in [2.45, 2.75) is 18.9 Å². The van der Waals surface area contributed by atoms with E-state index in [1.54, 1.807) is 4.90 Å². The largest absolute Gasteiger partial charge is 0.482 e. The van der Waals surface area contributed by atoms with Gasteiger partial charge in [0.25, 0.3) is 5.91 Å². The number of nitrogens with one attached hydrogen (secondary N) is 1. The summed E-state index contributed by atoms with van der Waals surface area (Å²) in [5.74, 6) is 0.504. The molecule has 1 fully saturated rings. The summed E-state index contributed by atoms with van der Waals surface area (Å²) in [5.41, 5.74) is 0.750. The number of benzene rings is 1. The number of amides is 2. The van der Waals surface area contributed by atoms with E-state index in [1.807, 2.05) is 24.3 Å². The Hall–Kier alpha value is -2.08. The van der Waals surface area contributed by atoms with Crippen molar-refractivity contribution >= 4 is 17.5 Å². The second-order valence-corrected chi connectivity index (χ2v) is 5.09. The van der Waals surface area contributed by atoms with Crippen LogP contribution in [-0.2, 0) is 14.3 Å². The van der Waals surface area contributed by atoms with E-state index in [-0.39, 0.29) is 24.5 Å². The lowest BCUT2D eigenvalue weighted by Crippen LogP contribution is -2.44. The van der Waals surface area contributed by atoms with Crippen LogP contribution in [0.1, 0.15) is 12.8 Å². The van der Waals surface area contributed by atoms with Crippen LogP contribution in [-0.4, -0.2) is 44.2 Å². The SMILES string of the molecule is O=C(NCCN1C(=O)COc2ccccc21)C1CCCO1. The predicted octanol–water partition coefficient (Wildman–Crippen LogP) is 0.707. The maximum atomic E-state index is 12.0. The molecule has 21 heavy (non-hydrogen) atoms. The molecule has 0 aromatic heterocycles. The van der Waals surface area contributed by atoms with Gasteiger partial charge in [-0.25, -0.2) is 0 Å². The molecule has 2 amide bonds. The molecule has 0 saturated carbocycles. The van der Waals surface area contributed by atoms with Crippen LogP contribution in [0, 0.1) is 0 Å². The van der Waals surface area contributed by atoms with Crippen molar-refractivity contribution in [3.05, 3.63) is 24.3 Å². The lowest BCUT2D eigenvalue weighted by Gasteiger charge is -2.29. The molecule has 1 saturated heterocycles. The highest BCUT2D eigenvalue weighted by molar-refractivity contribution is 5.97. The van der Waals surface area contributed by atoms with Gasteiger partial charge in [-0.2, -0.15) is 0 Å². The molecule has 0 aliphatic carbocycles. The van der Waals surface area contributed by atoms with Gasteiger partial charge in [0.05, 0.1) is 5.69 Å². The molecule has 112 valence electrons. The summed E-state index contributed by atoms with van der Waals surface area (Å²) in [6, 6.07) is 7.40. The number of rotatable bonds is 4. The Morgan fingerprint density at radius 3 is 3.05 bits per heavy atom. The van der Waals surface area contributed by atoms with Crippen molar-refractivity contribution in [3.8, 4) is 5.75 Å². The van der Waals surface area contributed by atoms with Gasteiger partial charge < -0.3 is 19.7 Å². The summed E-state index contributed by atoms with van der Waals surface area (Å²) in [5, 5.41) is 2.82. The average molecular weight is 290 g/mol. The summed E-state index contributed by atoms with van der Waals surface area (Å²) < 4.78 is 10.7. The third kappa shape index (κ3) is 3.00. The highest BCUT2D eigenvalue weighted by Crippen LogP contribution is 2.30. The lowest BCUT2D eigenvalue weighted by molar-refractivity contribution is -0.130. The van der Waals surface area contributed by atoms with Crippen molar-refractivity contribution < 1.29 is 19.1 Å². The Bertz CT molecular complexity index is 540. The van der Waals surface area contributed by atoms with E-state index in [9.17, 15) is 9.59 Å². The number of para-hydroxylation sites is 2. The molecule has 0 radical (unpaired) electrons. The zero-order valence-electron chi connectivity index (χ0n) is 11.7. The maximum absolute atomic E-state index is 12.0. The molecule has 2 aliphatic heterocycles. The van der Waals surface area contributed by atoms with Crippen molar-refractivity contribution in [1.82, 2.24) is 5.32 Å². The number of ether oxygens (including phenoxy) is 2. The maximum Gasteiger partial charge on any atom is 0.265 e. The van der Waals surface area contributed by atoms with E-state index < -0.39 is 0 Å². The fourth-order valence-electron chi connectivity index (χ4n) is 2.59. The number of carbonyl (C=O) groups excluding carboxylic acids is 2. The van der Waals surface area contributed by atoms with Crippen LogP contribution in [0.25, 0.3) is 0 Å². The Kier molecular flexibility index (Phi) is 4.06. The van der Waals surface area contributed by atoms with Crippen LogP contribution in [0.2, 0.25) is 0 Å². The van der Waals surface area contributed by atoms with Crippen LogP contribution >= 0.6 is 0 Å². The molecule has 0 bridgehead atoms. The van der Waals surface area contributed by atoms with Crippen LogP contribution in [0.15, 0.2) is 24.3 Å². The van der Waals surface area contributed by atoms with Crippen molar-refractivity contribution in [2.75, 3.05) is 31.2 Å². The number of anilines is 1. The van der Waals surface area contributed by atoms with Crippen LogP contribution in [0.5, 0.6) is 5.75 Å². The topological polar surface area (TPSA) is 67.9 Å². The minimum Gasteiger partial charge on any atom is -0.482 e. The Labute approximate surface area is 123 Å². The summed E-state index contributed by atoms with van der Waals surface area (Å²) in [6.07, 6.45) is 1.36. The molecule has 6 nitrogen and oxygen atoms in total. The van der Waals surface area contributed by atoms with Crippen molar-refractivity contribution in [1.29, 1.82) is 0 Å². The molecule has 1 atom stereocenters. The number of hydrogen-bond acceptors (Lipinski definition) is 4. The molecule has 1 aromatic rings. The average Bonchev–Trinajstić information content (AvgIpc) is 3.04. The molecule has 1 N–H and O–H groups in total. The molecule has 2 heterocycles. The van der Waals surface area contributed by atoms with Gasteiger partial charge in [-0.15, -0.1) is 0 Å². The predicted molar refractivity (Wildman–Crippen MR) is 76.3 cm³/mol. The molecule has 0 spiro atoms. The van der Waals surface area contributed by atoms with Gasteiger partial charge in [0.1, 0.15) is 11.9 Å². The van der Waals surface area contributed by atoms with E-state index in [1.165, 1.54) is 0 Å². The Morgan fingerprint density at radius 1 is 1.38 bits per heavy atom. The molecule has 1 aromatic carbocycles. The molecular weight excluding hydrogens is 272 g/mol. The quantitative estimate of drug-likeness (QED) is 0.886. The van der Waals surface area contributed by atoms with Gasteiger partial charge in [-0.05, 0) is 25.0 Å². The first-order valence-corrected chi connectivity index (χ1v) is 7.17. The third-order valence-electron chi connectivity index (χ3n) is 3.67. The monoisotopic (exact) mass is 290 g/mol. The first-order valence-electron chi connectivity index (χ1n) is 7.17. The van der Waals surface area contributed by atoms with Crippen molar-refractivity contribution in [3.63, 3.8) is 0 Å². The van der Waals surface area contributed by atoms with E-state index >= 15 is 0 Å². The van der Waals surface area contributed by atoms with E-state index in [0.717, 1.165) is 18.5 Å². The second-order valence-electron chi connectivity index (χ2n) is 5.09. The minimum atomic E-state index is -0.335. The van der Waals surface area contributed by atoms with Crippen molar-refractivity contribution in [2.24, 2.45) is 0 Å². The molecular formula is C15H18N2O4. The van der Waals surface area contributed by atoms with Gasteiger partial charge in [0.15, 0.2) is 6.61 Å². The number of nitrogens with zero attached hydrogens (tertiary/aromatic N) is 1. The lowest BCUT2D eigenvalue weighted by atomic mass is 10.2. The fourth-order valence-corrected chi connectivity index (χ4v) is 2.59. The molecule has 2 aliphatic rings. The second kappa shape index (κ2) is 6.13.